The van der Waals surface area contributed by atoms with Crippen molar-refractivity contribution in [3.63, 3.8) is 0 Å². The second-order valence-corrected chi connectivity index (χ2v) is 6.75. The molecule has 1 aromatic rings. The Kier molecular flexibility index (Phi) is 5.72. The van der Waals surface area contributed by atoms with Gasteiger partial charge in [0.2, 0.25) is 0 Å². The molecule has 6 heteroatoms. The molecule has 2 rings (SSSR count). The van der Waals surface area contributed by atoms with Crippen LogP contribution in [0.25, 0.3) is 0 Å². The maximum atomic E-state index is 5.85. The van der Waals surface area contributed by atoms with Gasteiger partial charge in [-0.1, -0.05) is 33.0 Å². The van der Waals surface area contributed by atoms with Crippen molar-refractivity contribution in [2.75, 3.05) is 26.2 Å². The molecule has 0 saturated carbocycles. The molecule has 1 unspecified atom stereocenters. The number of rotatable bonds is 4. The first-order valence-corrected chi connectivity index (χ1v) is 8.34. The Balaban J connectivity index is 2.27. The van der Waals surface area contributed by atoms with Gasteiger partial charge in [-0.05, 0) is 34.8 Å². The first-order chi connectivity index (χ1) is 9.51. The lowest BCUT2D eigenvalue weighted by molar-refractivity contribution is -0.0327. The number of H-pyrrole nitrogens is 1. The highest BCUT2D eigenvalue weighted by Gasteiger charge is 2.23. The number of likely N-dealkylation sites (N-methyl/N-ethyl adjacent to an activating group) is 1. The average molecular weight is 360 g/mol. The van der Waals surface area contributed by atoms with Crippen LogP contribution in [0, 0.1) is 10.6 Å². The lowest BCUT2D eigenvalue weighted by atomic mass is 10.1. The van der Waals surface area contributed by atoms with E-state index in [9.17, 15) is 0 Å². The number of hydrogen-bond acceptors (Lipinski definition) is 4. The van der Waals surface area contributed by atoms with Crippen LogP contribution < -0.4 is 0 Å². The quantitative estimate of drug-likeness (QED) is 0.835. The predicted octanol–water partition coefficient (Wildman–Crippen LogP) is 3.49. The van der Waals surface area contributed by atoms with Gasteiger partial charge in [0, 0.05) is 18.8 Å². The molecule has 0 amide bonds. The summed E-state index contributed by atoms with van der Waals surface area (Å²) in [4.78, 5) is 10.3. The summed E-state index contributed by atoms with van der Waals surface area (Å²) in [6, 6.07) is 0. The number of morpholine rings is 1. The largest absolute Gasteiger partial charge is 0.368 e. The second kappa shape index (κ2) is 7.11. The number of ether oxygens (including phenoxy) is 1. The third kappa shape index (κ3) is 3.87. The smallest absolute Gasteiger partial charge is 0.144 e. The van der Waals surface area contributed by atoms with Crippen LogP contribution in [0.15, 0.2) is 4.47 Å². The lowest BCUT2D eigenvalue weighted by Crippen LogP contribution is -2.38. The Hall–Kier alpha value is -0.300. The van der Waals surface area contributed by atoms with E-state index >= 15 is 0 Å². The molecule has 1 aliphatic heterocycles. The topological polar surface area (TPSA) is 41.1 Å². The summed E-state index contributed by atoms with van der Waals surface area (Å²) in [5.74, 6) is 1.42. The van der Waals surface area contributed by atoms with Crippen LogP contribution in [0.3, 0.4) is 0 Å². The maximum Gasteiger partial charge on any atom is 0.144 e. The normalized spacial score (nSPS) is 20.6. The molecule has 0 aliphatic carbocycles. The highest BCUT2D eigenvalue weighted by Crippen LogP contribution is 2.24. The highest BCUT2D eigenvalue weighted by atomic mass is 79.9. The average Bonchev–Trinajstić information content (AvgIpc) is 2.43. The van der Waals surface area contributed by atoms with Gasteiger partial charge in [-0.25, -0.2) is 4.98 Å². The molecule has 1 saturated heterocycles. The van der Waals surface area contributed by atoms with E-state index in [1.54, 1.807) is 0 Å². The van der Waals surface area contributed by atoms with Crippen LogP contribution in [-0.2, 0) is 11.2 Å². The second-order valence-electron chi connectivity index (χ2n) is 5.57. The van der Waals surface area contributed by atoms with Crippen molar-refractivity contribution in [1.29, 1.82) is 0 Å². The van der Waals surface area contributed by atoms with E-state index in [0.29, 0.717) is 10.6 Å². The minimum Gasteiger partial charge on any atom is -0.368 e. The van der Waals surface area contributed by atoms with Crippen LogP contribution in [0.2, 0.25) is 0 Å². The van der Waals surface area contributed by atoms with Crippen molar-refractivity contribution in [3.05, 3.63) is 20.6 Å². The van der Waals surface area contributed by atoms with Gasteiger partial charge < -0.3 is 9.72 Å². The summed E-state index contributed by atoms with van der Waals surface area (Å²) in [6.07, 6.45) is 0.939. The number of hydrogen-bond donors (Lipinski definition) is 1. The fraction of sp³-hybridized carbons (Fsp3) is 0.714. The summed E-state index contributed by atoms with van der Waals surface area (Å²) in [5, 5.41) is 0. The molecule has 4 nitrogen and oxygen atoms in total. The van der Waals surface area contributed by atoms with E-state index in [0.717, 1.165) is 48.7 Å². The van der Waals surface area contributed by atoms with E-state index in [-0.39, 0.29) is 6.10 Å². The molecular formula is C14H22BrN3OS. The monoisotopic (exact) mass is 359 g/mol. The van der Waals surface area contributed by atoms with Crippen LogP contribution >= 0.6 is 28.1 Å². The zero-order valence-corrected chi connectivity index (χ0v) is 14.7. The van der Waals surface area contributed by atoms with Crippen molar-refractivity contribution in [2.24, 2.45) is 5.92 Å². The van der Waals surface area contributed by atoms with Crippen LogP contribution in [0.5, 0.6) is 0 Å². The maximum absolute atomic E-state index is 5.85. The van der Waals surface area contributed by atoms with Gasteiger partial charge >= 0.3 is 0 Å². The zero-order valence-electron chi connectivity index (χ0n) is 12.3. The third-order valence-corrected chi connectivity index (χ3v) is 4.88. The third-order valence-electron chi connectivity index (χ3n) is 3.47. The van der Waals surface area contributed by atoms with Crippen molar-refractivity contribution in [1.82, 2.24) is 14.9 Å². The molecule has 1 fully saturated rings. The van der Waals surface area contributed by atoms with E-state index < -0.39 is 0 Å². The first-order valence-electron chi connectivity index (χ1n) is 7.13. The Morgan fingerprint density at radius 1 is 1.55 bits per heavy atom. The van der Waals surface area contributed by atoms with E-state index in [4.69, 9.17) is 17.0 Å². The minimum absolute atomic E-state index is 0.00980. The first kappa shape index (κ1) is 16.1. The number of nitrogens with one attached hydrogen (secondary N) is 1. The molecule has 0 bridgehead atoms. The molecule has 1 aliphatic rings. The van der Waals surface area contributed by atoms with Crippen molar-refractivity contribution in [2.45, 2.75) is 33.3 Å². The summed E-state index contributed by atoms with van der Waals surface area (Å²) in [7, 11) is 0. The molecule has 1 atom stereocenters. The van der Waals surface area contributed by atoms with E-state index in [1.165, 1.54) is 0 Å². The summed E-state index contributed by atoms with van der Waals surface area (Å²) < 4.78 is 7.38. The van der Waals surface area contributed by atoms with Gasteiger partial charge in [0.15, 0.2) is 0 Å². The molecule has 2 heterocycles. The van der Waals surface area contributed by atoms with Crippen LogP contribution in [0.1, 0.15) is 38.4 Å². The van der Waals surface area contributed by atoms with Crippen LogP contribution in [-0.4, -0.2) is 41.1 Å². The van der Waals surface area contributed by atoms with Crippen molar-refractivity contribution >= 4 is 28.1 Å². The predicted molar refractivity (Wildman–Crippen MR) is 86.5 cm³/mol. The zero-order chi connectivity index (χ0) is 14.7. The van der Waals surface area contributed by atoms with Crippen molar-refractivity contribution in [3.8, 4) is 0 Å². The Bertz CT molecular complexity index is 518. The van der Waals surface area contributed by atoms with Crippen LogP contribution in [0.4, 0.5) is 0 Å². The van der Waals surface area contributed by atoms with Crippen molar-refractivity contribution < 1.29 is 4.74 Å². The standard InChI is InChI=1S/C14H22BrN3OS/c1-4-18-5-6-19-11(8-18)13-16-10(7-9(2)3)12(15)14(20)17-13/h9,11H,4-8H2,1-3H3,(H,16,17,20). The molecule has 1 aromatic heterocycles. The highest BCUT2D eigenvalue weighted by molar-refractivity contribution is 9.10. The Morgan fingerprint density at radius 3 is 2.95 bits per heavy atom. The van der Waals surface area contributed by atoms with Gasteiger partial charge in [0.25, 0.3) is 0 Å². The number of aromatic nitrogens is 2. The molecule has 0 aromatic carbocycles. The SMILES string of the molecule is CCN1CCOC(c2nc(=S)c(Br)c(CC(C)C)[nH]2)C1. The van der Waals surface area contributed by atoms with Gasteiger partial charge in [-0.15, -0.1) is 0 Å². The summed E-state index contributed by atoms with van der Waals surface area (Å²) in [5.41, 5.74) is 1.12. The molecule has 0 radical (unpaired) electrons. The number of aromatic amines is 1. The molecule has 112 valence electrons. The minimum atomic E-state index is -0.00980. The summed E-state index contributed by atoms with van der Waals surface area (Å²) >= 11 is 8.90. The Morgan fingerprint density at radius 2 is 2.30 bits per heavy atom. The van der Waals surface area contributed by atoms with E-state index in [1.807, 2.05) is 0 Å². The fourth-order valence-electron chi connectivity index (χ4n) is 2.38. The Labute approximate surface area is 134 Å². The molecule has 0 spiro atoms. The van der Waals surface area contributed by atoms with Gasteiger partial charge in [-0.3, -0.25) is 4.90 Å². The van der Waals surface area contributed by atoms with Gasteiger partial charge in [0.1, 0.15) is 16.6 Å². The lowest BCUT2D eigenvalue weighted by Gasteiger charge is -2.31. The fourth-order valence-corrected chi connectivity index (χ4v) is 2.95. The van der Waals surface area contributed by atoms with Gasteiger partial charge in [-0.2, -0.15) is 0 Å². The number of halogens is 1. The molecule has 20 heavy (non-hydrogen) atoms. The van der Waals surface area contributed by atoms with E-state index in [2.05, 4.69) is 51.6 Å². The number of nitrogens with zero attached hydrogens (tertiary/aromatic N) is 2. The molecular weight excluding hydrogens is 338 g/mol. The summed E-state index contributed by atoms with van der Waals surface area (Å²) in [6.45, 7) is 10.2. The van der Waals surface area contributed by atoms with Gasteiger partial charge in [0.05, 0.1) is 11.1 Å². The molecule has 1 N–H and O–H groups in total.